The van der Waals surface area contributed by atoms with Gasteiger partial charge in [0.2, 0.25) is 41.4 Å². The highest BCUT2D eigenvalue weighted by atomic mass is 16.6. The molecule has 3 heterocycles. The lowest BCUT2D eigenvalue weighted by atomic mass is 9.83. The van der Waals surface area contributed by atoms with Gasteiger partial charge < -0.3 is 50.3 Å². The second kappa shape index (κ2) is 28.0. The van der Waals surface area contributed by atoms with E-state index in [0.717, 1.165) is 24.2 Å². The van der Waals surface area contributed by atoms with E-state index in [1.165, 1.54) is 61.6 Å². The van der Waals surface area contributed by atoms with E-state index in [1.807, 2.05) is 41.5 Å². The van der Waals surface area contributed by atoms with Crippen LogP contribution >= 0.6 is 0 Å². The number of ether oxygens (including phenoxy) is 1. The second-order valence-electron chi connectivity index (χ2n) is 24.2. The van der Waals surface area contributed by atoms with Gasteiger partial charge >= 0.3 is 5.97 Å². The van der Waals surface area contributed by atoms with Crippen LogP contribution in [0.1, 0.15) is 161 Å². The highest BCUT2D eigenvalue weighted by molar-refractivity contribution is 5.98. The number of likely N-dealkylation sites (N-methyl/N-ethyl adjacent to an activating group) is 4. The van der Waals surface area contributed by atoms with Crippen molar-refractivity contribution < 1.29 is 53.0 Å². The summed E-state index contributed by atoms with van der Waals surface area (Å²) < 4.78 is 6.07. The Hall–Kier alpha value is -4.81. The molecular formula is C56H98N8O11. The molecule has 2 bridgehead atoms. The van der Waals surface area contributed by atoms with Crippen LogP contribution in [0.5, 0.6) is 0 Å². The summed E-state index contributed by atoms with van der Waals surface area (Å²) in [5, 5.41) is 20.4. The van der Waals surface area contributed by atoms with Gasteiger partial charge in [0.15, 0.2) is 12.1 Å². The molecular weight excluding hydrogens is 961 g/mol. The molecule has 0 radical (unpaired) electrons. The SMILES string of the molecule is CC[C@H](C)C[C@H](C)C[C@H](C)C[C@@H]1NC(=O)[C@H](C(C)C)N(C)C(=O)[C@@H]([C@H](C)CC)OC(=O)[C@H](C(C)(C)O)N(C)C(=O)C2CC(C)CC(C)[C@@H](C(=O)N2)N(C)C(=O)[C@H]([C@H](C)CC)NC(=O)[C@@H]2CCCN2C(=O)CN(C)C1=O. The van der Waals surface area contributed by atoms with Crippen molar-refractivity contribution in [2.24, 2.45) is 47.3 Å². The number of hydrogen-bond donors (Lipinski definition) is 4. The maximum Gasteiger partial charge on any atom is 0.332 e. The van der Waals surface area contributed by atoms with Crippen molar-refractivity contribution in [2.75, 3.05) is 41.3 Å². The second-order valence-corrected chi connectivity index (χ2v) is 24.2. The third-order valence-corrected chi connectivity index (χ3v) is 16.5. The first-order chi connectivity index (χ1) is 34.8. The van der Waals surface area contributed by atoms with Crippen LogP contribution in [0.15, 0.2) is 0 Å². The molecule has 0 spiro atoms. The molecule has 19 heteroatoms. The first kappa shape index (κ1) is 64.5. The quantitative estimate of drug-likeness (QED) is 0.189. The lowest BCUT2D eigenvalue weighted by Gasteiger charge is -2.41. The summed E-state index contributed by atoms with van der Waals surface area (Å²) in [6.07, 6.45) is 3.75. The topological polar surface area (TPSA) is 235 Å². The van der Waals surface area contributed by atoms with E-state index < -0.39 is 137 Å². The summed E-state index contributed by atoms with van der Waals surface area (Å²) in [5.74, 6) is -7.23. The van der Waals surface area contributed by atoms with Crippen LogP contribution in [-0.2, 0) is 47.9 Å². The van der Waals surface area contributed by atoms with Crippen molar-refractivity contribution in [3.63, 3.8) is 0 Å². The molecule has 0 aliphatic carbocycles. The maximum absolute atomic E-state index is 14.8. The first-order valence-corrected chi connectivity index (χ1v) is 28.0. The summed E-state index contributed by atoms with van der Waals surface area (Å²) in [6.45, 7) is 25.5. The number of hydrogen-bond acceptors (Lipinski definition) is 11. The van der Waals surface area contributed by atoms with Gasteiger partial charge in [0.1, 0.15) is 36.3 Å². The molecule has 3 unspecified atom stereocenters. The van der Waals surface area contributed by atoms with Gasteiger partial charge in [-0.15, -0.1) is 0 Å². The third-order valence-electron chi connectivity index (χ3n) is 16.5. The van der Waals surface area contributed by atoms with Crippen LogP contribution in [0.3, 0.4) is 0 Å². The molecule has 0 aromatic rings. The average molecular weight is 1060 g/mol. The minimum absolute atomic E-state index is 0.0526. The van der Waals surface area contributed by atoms with Gasteiger partial charge in [0.05, 0.1) is 12.1 Å². The Morgan fingerprint density at radius 1 is 0.667 bits per heavy atom. The van der Waals surface area contributed by atoms with Gasteiger partial charge in [-0.25, -0.2) is 4.79 Å². The Morgan fingerprint density at radius 2 is 1.27 bits per heavy atom. The lowest BCUT2D eigenvalue weighted by molar-refractivity contribution is -0.177. The first-order valence-electron chi connectivity index (χ1n) is 28.0. The van der Waals surface area contributed by atoms with Crippen molar-refractivity contribution in [3.8, 4) is 0 Å². The molecule has 3 saturated heterocycles. The van der Waals surface area contributed by atoms with Gasteiger partial charge in [0, 0.05) is 40.7 Å². The molecule has 3 aliphatic heterocycles. The van der Waals surface area contributed by atoms with Crippen molar-refractivity contribution in [3.05, 3.63) is 0 Å². The van der Waals surface area contributed by atoms with Crippen LogP contribution in [0, 0.1) is 47.3 Å². The van der Waals surface area contributed by atoms with E-state index in [-0.39, 0.29) is 31.2 Å². The molecule has 0 saturated carbocycles. The molecule has 3 aliphatic rings. The number of carbonyl (C=O) groups excluding carboxylic acids is 9. The summed E-state index contributed by atoms with van der Waals surface area (Å²) in [5.41, 5.74) is -1.94. The average Bonchev–Trinajstić information content (AvgIpc) is 3.82. The standard InChI is InChI=1S/C56H98N8O11/c1-19-32(6)25-33(7)26-34(8)28-39-51(69)60(15)30-42(65)64-24-22-23-41(64)48(66)59-43(36(10)20-2)53(71)62(17)45-38(12)27-35(9)29-40(58-50(45)68)52(70)63(18)47(56(13,14)74)55(73)75-46(37(11)21-3)54(72)61(16)44(31(4)5)49(67)57-39/h31-41,43-47,74H,19-30H2,1-18H3,(H,57,67)(H,58,68)(H,59,66)/t32-,33-,34-,35?,36+,37+,38?,39-,40?,41-,43-,44-,45-,46+,47+/m0/s1. The smallest absolute Gasteiger partial charge is 0.332 e. The highest BCUT2D eigenvalue weighted by Crippen LogP contribution is 2.30. The fourth-order valence-electron chi connectivity index (χ4n) is 11.8. The number of rotatable bonds is 13. The minimum Gasteiger partial charge on any atom is -0.450 e. The van der Waals surface area contributed by atoms with Gasteiger partial charge in [-0.2, -0.15) is 0 Å². The maximum atomic E-state index is 14.8. The van der Waals surface area contributed by atoms with Gasteiger partial charge in [-0.3, -0.25) is 38.4 Å². The number of esters is 1. The molecule has 15 atom stereocenters. The number of aliphatic hydroxyl groups is 1. The van der Waals surface area contributed by atoms with Gasteiger partial charge in [-0.05, 0) is 107 Å². The van der Waals surface area contributed by atoms with Crippen LogP contribution in [-0.4, -0.2) is 178 Å². The zero-order valence-corrected chi connectivity index (χ0v) is 49.0. The number of amides is 8. The Morgan fingerprint density at radius 3 is 1.83 bits per heavy atom. The van der Waals surface area contributed by atoms with Crippen LogP contribution in [0.2, 0.25) is 0 Å². The number of nitrogens with zero attached hydrogens (tertiary/aromatic N) is 5. The minimum atomic E-state index is -1.94. The molecule has 8 amide bonds. The van der Waals surface area contributed by atoms with Crippen molar-refractivity contribution in [1.82, 2.24) is 40.4 Å². The van der Waals surface area contributed by atoms with Gasteiger partial charge in [0.25, 0.3) is 5.91 Å². The predicted octanol–water partition coefficient (Wildman–Crippen LogP) is 4.37. The zero-order valence-electron chi connectivity index (χ0n) is 49.0. The molecule has 0 aromatic heterocycles. The fraction of sp³-hybridized carbons (Fsp3) is 0.839. The number of nitrogens with one attached hydrogen (secondary N) is 3. The third kappa shape index (κ3) is 16.6. The molecule has 428 valence electrons. The molecule has 3 fully saturated rings. The van der Waals surface area contributed by atoms with Crippen LogP contribution in [0.4, 0.5) is 0 Å². The molecule has 19 nitrogen and oxygen atoms in total. The lowest BCUT2D eigenvalue weighted by Crippen LogP contribution is -2.64. The zero-order chi connectivity index (χ0) is 57.1. The Balaban J connectivity index is 2.26. The van der Waals surface area contributed by atoms with Gasteiger partial charge in [-0.1, -0.05) is 95.9 Å². The summed E-state index contributed by atoms with van der Waals surface area (Å²) in [6, 6.07) is -8.32. The van der Waals surface area contributed by atoms with E-state index in [1.54, 1.807) is 20.8 Å². The molecule has 0 aromatic carbocycles. The summed E-state index contributed by atoms with van der Waals surface area (Å²) in [7, 11) is 5.73. The monoisotopic (exact) mass is 1060 g/mol. The highest BCUT2D eigenvalue weighted by Gasteiger charge is 2.48. The summed E-state index contributed by atoms with van der Waals surface area (Å²) >= 11 is 0. The van der Waals surface area contributed by atoms with Crippen molar-refractivity contribution >= 4 is 53.2 Å². The largest absolute Gasteiger partial charge is 0.450 e. The number of carbonyl (C=O) groups is 9. The van der Waals surface area contributed by atoms with E-state index in [2.05, 4.69) is 36.7 Å². The molecule has 75 heavy (non-hydrogen) atoms. The van der Waals surface area contributed by atoms with Crippen molar-refractivity contribution in [1.29, 1.82) is 0 Å². The van der Waals surface area contributed by atoms with E-state index in [4.69, 9.17) is 4.74 Å². The normalized spacial score (nSPS) is 30.5. The summed E-state index contributed by atoms with van der Waals surface area (Å²) in [4.78, 5) is 138. The Bertz CT molecular complexity index is 2010. The van der Waals surface area contributed by atoms with Crippen LogP contribution < -0.4 is 16.0 Å². The predicted molar refractivity (Wildman–Crippen MR) is 287 cm³/mol. The van der Waals surface area contributed by atoms with E-state index >= 15 is 0 Å². The molecule has 4 N–H and O–H groups in total. The number of fused-ring (bicyclic) bond motifs is 4. The number of cyclic esters (lactones) is 1. The van der Waals surface area contributed by atoms with E-state index in [0.29, 0.717) is 43.9 Å². The van der Waals surface area contributed by atoms with Crippen LogP contribution in [0.25, 0.3) is 0 Å². The van der Waals surface area contributed by atoms with E-state index in [9.17, 15) is 48.3 Å². The van der Waals surface area contributed by atoms with Crippen molar-refractivity contribution in [2.45, 2.75) is 215 Å². The fourth-order valence-corrected chi connectivity index (χ4v) is 11.8. The Labute approximate surface area is 449 Å². The molecule has 3 rings (SSSR count). The Kier molecular flexibility index (Phi) is 24.1.